The van der Waals surface area contributed by atoms with Crippen LogP contribution < -0.4 is 0 Å². The van der Waals surface area contributed by atoms with Gasteiger partial charge in [0.15, 0.2) is 5.82 Å². The molecule has 0 aliphatic heterocycles. The first-order chi connectivity index (χ1) is 12.5. The Morgan fingerprint density at radius 3 is 2.69 bits per heavy atom. The van der Waals surface area contributed by atoms with Crippen LogP contribution in [0.15, 0.2) is 34.9 Å². The van der Waals surface area contributed by atoms with Crippen LogP contribution in [-0.4, -0.2) is 38.1 Å². The molecule has 26 heavy (non-hydrogen) atoms. The summed E-state index contributed by atoms with van der Waals surface area (Å²) in [5.74, 6) is 0.537. The lowest BCUT2D eigenvalue weighted by atomic mass is 10.1. The largest absolute Gasteiger partial charge is 0.480 e. The Kier molecular flexibility index (Phi) is 5.65. The van der Waals surface area contributed by atoms with E-state index in [1.165, 1.54) is 11.8 Å². The molecule has 0 spiro atoms. The predicted octanol–water partition coefficient (Wildman–Crippen LogP) is 2.77. The van der Waals surface area contributed by atoms with Crippen LogP contribution in [0, 0.1) is 0 Å². The van der Waals surface area contributed by atoms with Crippen LogP contribution >= 0.6 is 0 Å². The second kappa shape index (κ2) is 8.12. The smallest absolute Gasteiger partial charge is 0.326 e. The highest BCUT2D eigenvalue weighted by Gasteiger charge is 2.29. The number of aromatic nitrogens is 2. The standard InChI is InChI=1S/C19H23N3O4/c1-13(19(24)25)22(12-14-6-3-2-4-7-14)17(23)9-5-8-16-20-18(21-26-16)15-10-11-15/h2-4,6-7,13,15H,5,8-12H2,1H3,(H,24,25). The van der Waals surface area contributed by atoms with Crippen molar-refractivity contribution < 1.29 is 19.2 Å². The summed E-state index contributed by atoms with van der Waals surface area (Å²) in [5.41, 5.74) is 0.903. The lowest BCUT2D eigenvalue weighted by Crippen LogP contribution is -2.42. The van der Waals surface area contributed by atoms with Crippen molar-refractivity contribution in [3.63, 3.8) is 0 Å². The van der Waals surface area contributed by atoms with Gasteiger partial charge in [0.1, 0.15) is 6.04 Å². The van der Waals surface area contributed by atoms with E-state index in [0.29, 0.717) is 24.7 Å². The molecule has 0 saturated heterocycles. The van der Waals surface area contributed by atoms with Gasteiger partial charge in [-0.25, -0.2) is 4.79 Å². The SMILES string of the molecule is CC(C(=O)O)N(Cc1ccccc1)C(=O)CCCc1nc(C2CC2)no1. The number of amides is 1. The molecule has 1 saturated carbocycles. The zero-order valence-corrected chi connectivity index (χ0v) is 14.8. The number of carbonyl (C=O) groups excluding carboxylic acids is 1. The average molecular weight is 357 g/mol. The Hall–Kier alpha value is -2.70. The van der Waals surface area contributed by atoms with Gasteiger partial charge in [-0.1, -0.05) is 35.5 Å². The van der Waals surface area contributed by atoms with Gasteiger partial charge in [-0.3, -0.25) is 4.79 Å². The van der Waals surface area contributed by atoms with Crippen LogP contribution in [-0.2, 0) is 22.6 Å². The van der Waals surface area contributed by atoms with Crippen LogP contribution in [0.1, 0.15) is 55.8 Å². The van der Waals surface area contributed by atoms with E-state index in [4.69, 9.17) is 4.52 Å². The maximum absolute atomic E-state index is 12.6. The molecule has 1 aromatic heterocycles. The summed E-state index contributed by atoms with van der Waals surface area (Å²) >= 11 is 0. The van der Waals surface area contributed by atoms with E-state index in [9.17, 15) is 14.7 Å². The molecule has 7 heteroatoms. The van der Waals surface area contributed by atoms with Crippen molar-refractivity contribution >= 4 is 11.9 Å². The van der Waals surface area contributed by atoms with Gasteiger partial charge in [0.25, 0.3) is 0 Å². The molecule has 1 unspecified atom stereocenters. The number of hydrogen-bond acceptors (Lipinski definition) is 5. The Morgan fingerprint density at radius 1 is 1.31 bits per heavy atom. The number of carboxylic acid groups (broad SMARTS) is 1. The van der Waals surface area contributed by atoms with Crippen molar-refractivity contribution in [1.82, 2.24) is 15.0 Å². The Balaban J connectivity index is 1.56. The fourth-order valence-corrected chi connectivity index (χ4v) is 2.77. The van der Waals surface area contributed by atoms with Crippen molar-refractivity contribution in [2.75, 3.05) is 0 Å². The van der Waals surface area contributed by atoms with Crippen LogP contribution in [0.3, 0.4) is 0 Å². The van der Waals surface area contributed by atoms with Gasteiger partial charge < -0.3 is 14.5 Å². The topological polar surface area (TPSA) is 96.5 Å². The molecule has 0 radical (unpaired) electrons. The van der Waals surface area contributed by atoms with Gasteiger partial charge in [-0.05, 0) is 31.7 Å². The van der Waals surface area contributed by atoms with Crippen LogP contribution in [0.25, 0.3) is 0 Å². The van der Waals surface area contributed by atoms with Crippen LogP contribution in [0.5, 0.6) is 0 Å². The third kappa shape index (κ3) is 4.68. The average Bonchev–Trinajstić information content (AvgIpc) is 3.39. The van der Waals surface area contributed by atoms with E-state index >= 15 is 0 Å². The highest BCUT2D eigenvalue weighted by molar-refractivity contribution is 5.83. The van der Waals surface area contributed by atoms with Crippen molar-refractivity contribution in [3.05, 3.63) is 47.6 Å². The Labute approximate surface area is 152 Å². The van der Waals surface area contributed by atoms with Crippen molar-refractivity contribution in [1.29, 1.82) is 0 Å². The number of carboxylic acids is 1. The third-order valence-electron chi connectivity index (χ3n) is 4.55. The highest BCUT2D eigenvalue weighted by Crippen LogP contribution is 2.38. The number of aliphatic carboxylic acids is 1. The fraction of sp³-hybridized carbons (Fsp3) is 0.474. The molecule has 1 aromatic carbocycles. The van der Waals surface area contributed by atoms with Gasteiger partial charge in [-0.15, -0.1) is 0 Å². The molecule has 0 bridgehead atoms. The summed E-state index contributed by atoms with van der Waals surface area (Å²) in [7, 11) is 0. The zero-order chi connectivity index (χ0) is 18.5. The van der Waals surface area contributed by atoms with E-state index in [2.05, 4.69) is 10.1 Å². The molecule has 3 rings (SSSR count). The Morgan fingerprint density at radius 2 is 2.04 bits per heavy atom. The third-order valence-corrected chi connectivity index (χ3v) is 4.55. The minimum Gasteiger partial charge on any atom is -0.480 e. The molecule has 1 amide bonds. The number of hydrogen-bond donors (Lipinski definition) is 1. The first-order valence-corrected chi connectivity index (χ1v) is 8.93. The normalized spacial score (nSPS) is 14.8. The summed E-state index contributed by atoms with van der Waals surface area (Å²) in [6.07, 6.45) is 3.53. The monoisotopic (exact) mass is 357 g/mol. The number of nitrogens with zero attached hydrogens (tertiary/aromatic N) is 3. The summed E-state index contributed by atoms with van der Waals surface area (Å²) in [6.45, 7) is 1.81. The van der Waals surface area contributed by atoms with E-state index in [1.54, 1.807) is 0 Å². The van der Waals surface area contributed by atoms with Crippen molar-refractivity contribution in [2.45, 2.75) is 57.5 Å². The summed E-state index contributed by atoms with van der Waals surface area (Å²) in [4.78, 5) is 29.7. The maximum Gasteiger partial charge on any atom is 0.326 e. The molecule has 1 aliphatic rings. The fourth-order valence-electron chi connectivity index (χ4n) is 2.77. The molecule has 1 heterocycles. The van der Waals surface area contributed by atoms with E-state index < -0.39 is 12.0 Å². The van der Waals surface area contributed by atoms with Gasteiger partial charge >= 0.3 is 5.97 Å². The zero-order valence-electron chi connectivity index (χ0n) is 14.8. The first kappa shape index (κ1) is 18.1. The van der Waals surface area contributed by atoms with Crippen molar-refractivity contribution in [2.24, 2.45) is 0 Å². The lowest BCUT2D eigenvalue weighted by molar-refractivity contribution is -0.150. The highest BCUT2D eigenvalue weighted by atomic mass is 16.5. The maximum atomic E-state index is 12.6. The van der Waals surface area contributed by atoms with Gasteiger partial charge in [-0.2, -0.15) is 4.98 Å². The molecule has 2 aromatic rings. The minimum atomic E-state index is -1.01. The second-order valence-electron chi connectivity index (χ2n) is 6.70. The summed E-state index contributed by atoms with van der Waals surface area (Å²) in [5, 5.41) is 13.3. The molecule has 1 N–H and O–H groups in total. The van der Waals surface area contributed by atoms with E-state index in [-0.39, 0.29) is 18.9 Å². The molecule has 1 fully saturated rings. The van der Waals surface area contributed by atoms with Crippen LogP contribution in [0.4, 0.5) is 0 Å². The summed E-state index contributed by atoms with van der Waals surface area (Å²) < 4.78 is 5.21. The van der Waals surface area contributed by atoms with Gasteiger partial charge in [0.2, 0.25) is 11.8 Å². The Bertz CT molecular complexity index is 755. The molecule has 1 atom stereocenters. The molecular weight excluding hydrogens is 334 g/mol. The first-order valence-electron chi connectivity index (χ1n) is 8.93. The van der Waals surface area contributed by atoms with Crippen molar-refractivity contribution in [3.8, 4) is 0 Å². The molecule has 138 valence electrons. The number of benzene rings is 1. The quantitative estimate of drug-likeness (QED) is 0.741. The van der Waals surface area contributed by atoms with E-state index in [1.807, 2.05) is 30.3 Å². The van der Waals surface area contributed by atoms with Gasteiger partial charge in [0.05, 0.1) is 0 Å². The molecular formula is C19H23N3O4. The number of aryl methyl sites for hydroxylation is 1. The molecule has 7 nitrogen and oxygen atoms in total. The molecule has 1 aliphatic carbocycles. The number of carbonyl (C=O) groups is 2. The second-order valence-corrected chi connectivity index (χ2v) is 6.70. The lowest BCUT2D eigenvalue weighted by Gasteiger charge is -2.26. The number of rotatable bonds is 9. The van der Waals surface area contributed by atoms with E-state index in [0.717, 1.165) is 24.2 Å². The predicted molar refractivity (Wildman–Crippen MR) is 93.3 cm³/mol. The van der Waals surface area contributed by atoms with Crippen LogP contribution in [0.2, 0.25) is 0 Å². The van der Waals surface area contributed by atoms with Gasteiger partial charge in [0, 0.05) is 25.3 Å². The minimum absolute atomic E-state index is 0.189. The summed E-state index contributed by atoms with van der Waals surface area (Å²) in [6, 6.07) is 8.51.